The van der Waals surface area contributed by atoms with Gasteiger partial charge in [0.25, 0.3) is 0 Å². The molecule has 0 aliphatic heterocycles. The molecule has 0 spiro atoms. The first-order valence-corrected chi connectivity index (χ1v) is 5.84. The Balaban J connectivity index is 2.78. The lowest BCUT2D eigenvalue weighted by atomic mass is 10.1. The zero-order chi connectivity index (χ0) is 10.1. The third-order valence-corrected chi connectivity index (χ3v) is 3.56. The van der Waals surface area contributed by atoms with Crippen molar-refractivity contribution >= 4 is 33.0 Å². The van der Waals surface area contributed by atoms with Crippen LogP contribution in [0.15, 0.2) is 17.5 Å². The molecule has 2 rings (SSSR count). The maximum atomic E-state index is 9.18. The Bertz CT molecular complexity index is 462. The lowest BCUT2D eigenvalue weighted by Gasteiger charge is -2.03. The van der Waals surface area contributed by atoms with Crippen LogP contribution in [-0.2, 0) is 12.5 Å². The summed E-state index contributed by atoms with van der Waals surface area (Å²) in [6.07, 6.45) is 0. The summed E-state index contributed by atoms with van der Waals surface area (Å²) in [6.45, 7) is 2.15. The molecule has 0 aliphatic rings. The number of benzene rings is 1. The van der Waals surface area contributed by atoms with Crippen molar-refractivity contribution in [2.24, 2.45) is 0 Å². The Morgan fingerprint density at radius 1 is 1.36 bits per heavy atom. The van der Waals surface area contributed by atoms with Crippen LogP contribution in [0.1, 0.15) is 16.7 Å². The van der Waals surface area contributed by atoms with Gasteiger partial charge in [0.2, 0.25) is 0 Å². The number of fused-ring (bicyclic) bond motifs is 1. The van der Waals surface area contributed by atoms with Gasteiger partial charge in [-0.2, -0.15) is 0 Å². The van der Waals surface area contributed by atoms with Gasteiger partial charge in [0, 0.05) is 16.0 Å². The summed E-state index contributed by atoms with van der Waals surface area (Å²) in [5, 5.41) is 12.3. The molecule has 74 valence electrons. The highest BCUT2D eigenvalue weighted by molar-refractivity contribution is 7.17. The summed E-state index contributed by atoms with van der Waals surface area (Å²) in [5.41, 5.74) is 3.33. The van der Waals surface area contributed by atoms with Gasteiger partial charge < -0.3 is 5.11 Å². The second-order valence-corrected chi connectivity index (χ2v) is 4.53. The molecule has 0 unspecified atom stereocenters. The van der Waals surface area contributed by atoms with Crippen LogP contribution >= 0.6 is 22.9 Å². The van der Waals surface area contributed by atoms with Crippen LogP contribution in [0, 0.1) is 6.92 Å². The summed E-state index contributed by atoms with van der Waals surface area (Å²) < 4.78 is 1.21. The maximum Gasteiger partial charge on any atom is 0.0696 e. The van der Waals surface area contributed by atoms with Gasteiger partial charge in [-0.05, 0) is 35.1 Å². The normalized spacial score (nSPS) is 11.1. The third kappa shape index (κ3) is 1.54. The number of alkyl halides is 1. The molecular formula is C11H11ClOS. The van der Waals surface area contributed by atoms with Crippen LogP contribution in [0.2, 0.25) is 0 Å². The quantitative estimate of drug-likeness (QED) is 0.778. The number of thiophene rings is 1. The first kappa shape index (κ1) is 9.97. The Hall–Kier alpha value is -0.570. The summed E-state index contributed by atoms with van der Waals surface area (Å²) in [7, 11) is 0. The lowest BCUT2D eigenvalue weighted by molar-refractivity contribution is 0.283. The van der Waals surface area contributed by atoms with Crippen molar-refractivity contribution in [3.8, 4) is 0 Å². The fraction of sp³-hybridized carbons (Fsp3) is 0.273. The van der Waals surface area contributed by atoms with E-state index in [1.807, 2.05) is 5.38 Å². The number of aryl methyl sites for hydroxylation is 1. The Morgan fingerprint density at radius 3 is 2.79 bits per heavy atom. The van der Waals surface area contributed by atoms with Gasteiger partial charge in [0.05, 0.1) is 6.61 Å². The summed E-state index contributed by atoms with van der Waals surface area (Å²) in [5.74, 6) is 0.502. The zero-order valence-electron chi connectivity index (χ0n) is 7.88. The summed E-state index contributed by atoms with van der Waals surface area (Å²) in [6, 6.07) is 4.22. The van der Waals surface area contributed by atoms with Crippen molar-refractivity contribution in [3.05, 3.63) is 34.2 Å². The van der Waals surface area contributed by atoms with E-state index in [0.717, 1.165) is 16.5 Å². The molecule has 0 fully saturated rings. The molecule has 0 aliphatic carbocycles. The third-order valence-electron chi connectivity index (χ3n) is 2.29. The van der Waals surface area contributed by atoms with E-state index in [1.54, 1.807) is 11.3 Å². The standard InChI is InChI=1S/C11H11ClOS/c1-7-2-8(4-12)11-9(5-13)6-14-10(11)3-7/h2-3,6,13H,4-5H2,1H3. The van der Waals surface area contributed by atoms with Crippen molar-refractivity contribution < 1.29 is 5.11 Å². The number of halogens is 1. The number of aliphatic hydroxyl groups excluding tert-OH is 1. The van der Waals surface area contributed by atoms with Crippen LogP contribution in [-0.4, -0.2) is 5.11 Å². The van der Waals surface area contributed by atoms with Gasteiger partial charge in [0.1, 0.15) is 0 Å². The number of aliphatic hydroxyl groups is 1. The average Bonchev–Trinajstić information content (AvgIpc) is 2.59. The molecule has 1 aromatic heterocycles. The predicted octanol–water partition coefficient (Wildman–Crippen LogP) is 3.44. The molecule has 0 atom stereocenters. The molecule has 0 saturated carbocycles. The molecule has 2 aromatic rings. The van der Waals surface area contributed by atoms with Gasteiger partial charge in [-0.25, -0.2) is 0 Å². The minimum Gasteiger partial charge on any atom is -0.392 e. The van der Waals surface area contributed by atoms with Crippen LogP contribution in [0.25, 0.3) is 10.1 Å². The predicted molar refractivity (Wildman–Crippen MR) is 62.0 cm³/mol. The topological polar surface area (TPSA) is 20.2 Å². The first-order chi connectivity index (χ1) is 6.76. The minimum atomic E-state index is 0.0902. The Kier molecular flexibility index (Phi) is 2.77. The van der Waals surface area contributed by atoms with E-state index < -0.39 is 0 Å². The van der Waals surface area contributed by atoms with E-state index >= 15 is 0 Å². The summed E-state index contributed by atoms with van der Waals surface area (Å²) >= 11 is 7.55. The minimum absolute atomic E-state index is 0.0902. The average molecular weight is 227 g/mol. The van der Waals surface area contributed by atoms with Crippen LogP contribution in [0.5, 0.6) is 0 Å². The molecule has 1 nitrogen and oxygen atoms in total. The van der Waals surface area contributed by atoms with Crippen molar-refractivity contribution in [2.75, 3.05) is 0 Å². The fourth-order valence-electron chi connectivity index (χ4n) is 1.70. The molecule has 0 saturated heterocycles. The number of hydrogen-bond donors (Lipinski definition) is 1. The van der Waals surface area contributed by atoms with E-state index in [0.29, 0.717) is 5.88 Å². The van der Waals surface area contributed by atoms with Crippen LogP contribution in [0.3, 0.4) is 0 Å². The SMILES string of the molecule is Cc1cc(CCl)c2c(CO)csc2c1. The van der Waals surface area contributed by atoms with Crippen molar-refractivity contribution in [3.63, 3.8) is 0 Å². The largest absolute Gasteiger partial charge is 0.392 e. The fourth-order valence-corrected chi connectivity index (χ4v) is 3.00. The zero-order valence-corrected chi connectivity index (χ0v) is 9.45. The highest BCUT2D eigenvalue weighted by Crippen LogP contribution is 2.31. The molecular weight excluding hydrogens is 216 g/mol. The van der Waals surface area contributed by atoms with E-state index in [-0.39, 0.29) is 6.61 Å². The van der Waals surface area contributed by atoms with E-state index in [1.165, 1.54) is 10.3 Å². The second kappa shape index (κ2) is 3.89. The molecule has 14 heavy (non-hydrogen) atoms. The van der Waals surface area contributed by atoms with Gasteiger partial charge in [-0.1, -0.05) is 6.07 Å². The van der Waals surface area contributed by atoms with Gasteiger partial charge in [-0.15, -0.1) is 22.9 Å². The van der Waals surface area contributed by atoms with E-state index in [4.69, 9.17) is 11.6 Å². The number of rotatable bonds is 2. The molecule has 3 heteroatoms. The number of hydrogen-bond acceptors (Lipinski definition) is 2. The van der Waals surface area contributed by atoms with E-state index in [2.05, 4.69) is 19.1 Å². The molecule has 0 amide bonds. The lowest BCUT2D eigenvalue weighted by Crippen LogP contribution is -1.86. The van der Waals surface area contributed by atoms with Crippen molar-refractivity contribution in [1.29, 1.82) is 0 Å². The monoisotopic (exact) mass is 226 g/mol. The molecule has 0 radical (unpaired) electrons. The van der Waals surface area contributed by atoms with Gasteiger partial charge in [-0.3, -0.25) is 0 Å². The Morgan fingerprint density at radius 2 is 2.14 bits per heavy atom. The molecule has 1 N–H and O–H groups in total. The van der Waals surface area contributed by atoms with Crippen LogP contribution in [0.4, 0.5) is 0 Å². The second-order valence-electron chi connectivity index (χ2n) is 3.35. The molecule has 0 bridgehead atoms. The smallest absolute Gasteiger partial charge is 0.0696 e. The highest BCUT2D eigenvalue weighted by Gasteiger charge is 2.08. The molecule has 1 heterocycles. The van der Waals surface area contributed by atoms with Crippen molar-refractivity contribution in [1.82, 2.24) is 0 Å². The molecule has 1 aromatic carbocycles. The Labute approximate surface area is 91.9 Å². The van der Waals surface area contributed by atoms with Crippen LogP contribution < -0.4 is 0 Å². The van der Waals surface area contributed by atoms with Crippen molar-refractivity contribution in [2.45, 2.75) is 19.4 Å². The first-order valence-electron chi connectivity index (χ1n) is 4.42. The summed E-state index contributed by atoms with van der Waals surface area (Å²) in [4.78, 5) is 0. The maximum absolute atomic E-state index is 9.18. The highest BCUT2D eigenvalue weighted by atomic mass is 35.5. The van der Waals surface area contributed by atoms with Gasteiger partial charge in [0.15, 0.2) is 0 Å². The van der Waals surface area contributed by atoms with E-state index in [9.17, 15) is 5.11 Å². The van der Waals surface area contributed by atoms with Gasteiger partial charge >= 0.3 is 0 Å².